The van der Waals surface area contributed by atoms with Gasteiger partial charge in [0.25, 0.3) is 5.91 Å². The van der Waals surface area contributed by atoms with E-state index in [9.17, 15) is 9.59 Å². The number of hydrazine groups is 1. The molecule has 1 saturated carbocycles. The van der Waals surface area contributed by atoms with Crippen molar-refractivity contribution in [1.29, 1.82) is 0 Å². The molecule has 0 unspecified atom stereocenters. The van der Waals surface area contributed by atoms with Gasteiger partial charge in [0.2, 0.25) is 5.91 Å². The summed E-state index contributed by atoms with van der Waals surface area (Å²) in [5.74, 6) is 0.471. The Morgan fingerprint density at radius 3 is 2.58 bits per heavy atom. The lowest BCUT2D eigenvalue weighted by Gasteiger charge is -2.21. The Hall–Kier alpha value is -1.86. The lowest BCUT2D eigenvalue weighted by molar-refractivity contribution is -0.124. The number of nitrogens with one attached hydrogen (secondary N) is 3. The van der Waals surface area contributed by atoms with Gasteiger partial charge < -0.3 is 10.1 Å². The van der Waals surface area contributed by atoms with E-state index in [2.05, 4.69) is 16.2 Å². The highest BCUT2D eigenvalue weighted by Crippen LogP contribution is 2.27. The van der Waals surface area contributed by atoms with Crippen molar-refractivity contribution >= 4 is 40.7 Å². The van der Waals surface area contributed by atoms with E-state index < -0.39 is 5.91 Å². The molecule has 1 aromatic carbocycles. The van der Waals surface area contributed by atoms with Crippen LogP contribution >= 0.6 is 23.8 Å². The summed E-state index contributed by atoms with van der Waals surface area (Å²) in [5.41, 5.74) is 4.86. The molecular weight excluding hydrogens is 374 g/mol. The van der Waals surface area contributed by atoms with E-state index in [4.69, 9.17) is 28.6 Å². The van der Waals surface area contributed by atoms with Crippen LogP contribution in [0.15, 0.2) is 24.3 Å². The normalized spacial score (nSPS) is 14.3. The van der Waals surface area contributed by atoms with Crippen LogP contribution in [0.5, 0.6) is 5.75 Å². The molecule has 2 rings (SSSR count). The van der Waals surface area contributed by atoms with Gasteiger partial charge >= 0.3 is 0 Å². The molecule has 1 fully saturated rings. The molecule has 1 aromatic rings. The summed E-state index contributed by atoms with van der Waals surface area (Å²) in [7, 11) is 0. The van der Waals surface area contributed by atoms with Gasteiger partial charge in [0.1, 0.15) is 5.75 Å². The molecule has 26 heavy (non-hydrogen) atoms. The van der Waals surface area contributed by atoms with E-state index >= 15 is 0 Å². The number of carbonyl (C=O) groups excluding carboxylic acids is 2. The Bertz CT molecular complexity index is 636. The van der Waals surface area contributed by atoms with Crippen molar-refractivity contribution in [2.45, 2.75) is 44.9 Å². The van der Waals surface area contributed by atoms with Gasteiger partial charge in [-0.25, -0.2) is 0 Å². The van der Waals surface area contributed by atoms with Crippen LogP contribution in [0.1, 0.15) is 44.9 Å². The van der Waals surface area contributed by atoms with Crippen LogP contribution in [0.2, 0.25) is 5.02 Å². The molecule has 0 spiro atoms. The molecule has 0 aromatic heterocycles. The monoisotopic (exact) mass is 397 g/mol. The van der Waals surface area contributed by atoms with Crippen molar-refractivity contribution in [1.82, 2.24) is 16.2 Å². The Labute approximate surface area is 164 Å². The molecule has 0 radical (unpaired) electrons. The summed E-state index contributed by atoms with van der Waals surface area (Å²) < 4.78 is 5.30. The summed E-state index contributed by atoms with van der Waals surface area (Å²) in [6.07, 6.45) is 7.55. The average Bonchev–Trinajstić information content (AvgIpc) is 2.65. The molecule has 1 aliphatic carbocycles. The number of amides is 2. The van der Waals surface area contributed by atoms with Gasteiger partial charge in [-0.2, -0.15) is 0 Å². The first-order valence-electron chi connectivity index (χ1n) is 8.80. The number of hydrogen-bond donors (Lipinski definition) is 3. The smallest absolute Gasteiger partial charge is 0.276 e. The highest BCUT2D eigenvalue weighted by Gasteiger charge is 2.15. The summed E-state index contributed by atoms with van der Waals surface area (Å²) in [4.78, 5) is 23.6. The van der Waals surface area contributed by atoms with Crippen molar-refractivity contribution in [3.63, 3.8) is 0 Å². The SMILES string of the molecule is O=C(COc1ccccc1Cl)NNC(=S)NC(=O)CCC1CCCCC1. The zero-order chi connectivity index (χ0) is 18.8. The highest BCUT2D eigenvalue weighted by molar-refractivity contribution is 7.80. The molecule has 1 aliphatic rings. The second-order valence-electron chi connectivity index (χ2n) is 6.31. The van der Waals surface area contributed by atoms with Crippen LogP contribution in [0.25, 0.3) is 0 Å². The quantitative estimate of drug-likeness (QED) is 0.507. The minimum Gasteiger partial charge on any atom is -0.482 e. The first-order valence-corrected chi connectivity index (χ1v) is 9.59. The molecule has 6 nitrogen and oxygen atoms in total. The molecule has 2 amide bonds. The Morgan fingerprint density at radius 1 is 1.12 bits per heavy atom. The van der Waals surface area contributed by atoms with E-state index in [1.165, 1.54) is 32.1 Å². The van der Waals surface area contributed by atoms with Gasteiger partial charge in [0.05, 0.1) is 5.02 Å². The molecule has 8 heteroatoms. The highest BCUT2D eigenvalue weighted by atomic mass is 35.5. The molecule has 142 valence electrons. The standard InChI is InChI=1S/C18H24ClN3O3S/c19-14-8-4-5-9-15(14)25-12-17(24)21-22-18(26)20-16(23)11-10-13-6-2-1-3-7-13/h4-5,8-9,13H,1-3,6-7,10-12H2,(H,21,24)(H2,20,22,23,26). The second-order valence-corrected chi connectivity index (χ2v) is 7.13. The maximum absolute atomic E-state index is 11.9. The Balaban J connectivity index is 1.59. The second kappa shape index (κ2) is 11.0. The molecule has 0 atom stereocenters. The Morgan fingerprint density at radius 2 is 1.85 bits per heavy atom. The van der Waals surface area contributed by atoms with Crippen LogP contribution in [-0.2, 0) is 9.59 Å². The molecule has 0 aliphatic heterocycles. The van der Waals surface area contributed by atoms with Gasteiger partial charge in [-0.1, -0.05) is 55.8 Å². The maximum Gasteiger partial charge on any atom is 0.276 e. The molecule has 0 saturated heterocycles. The van der Waals surface area contributed by atoms with E-state index in [0.29, 0.717) is 23.1 Å². The zero-order valence-electron chi connectivity index (χ0n) is 14.6. The number of ether oxygens (including phenoxy) is 1. The van der Waals surface area contributed by atoms with Gasteiger partial charge in [-0.15, -0.1) is 0 Å². The van der Waals surface area contributed by atoms with Gasteiger partial charge in [-0.3, -0.25) is 20.4 Å². The lowest BCUT2D eigenvalue weighted by Crippen LogP contribution is -2.49. The first-order chi connectivity index (χ1) is 12.5. The topological polar surface area (TPSA) is 79.5 Å². The minimum absolute atomic E-state index is 0.0599. The fourth-order valence-corrected chi connectivity index (χ4v) is 3.25. The third-order valence-corrected chi connectivity index (χ3v) is 4.78. The van der Waals surface area contributed by atoms with Crippen molar-refractivity contribution < 1.29 is 14.3 Å². The summed E-state index contributed by atoms with van der Waals surface area (Å²) >= 11 is 10.9. The number of rotatable bonds is 6. The molecule has 0 heterocycles. The minimum atomic E-state index is -0.441. The van der Waals surface area contributed by atoms with Crippen LogP contribution < -0.4 is 20.9 Å². The third kappa shape index (κ3) is 7.58. The van der Waals surface area contributed by atoms with Crippen LogP contribution in [0.4, 0.5) is 0 Å². The van der Waals surface area contributed by atoms with Gasteiger partial charge in [0, 0.05) is 6.42 Å². The maximum atomic E-state index is 11.9. The fourth-order valence-electron chi connectivity index (χ4n) is 2.90. The van der Waals surface area contributed by atoms with E-state index in [1.54, 1.807) is 24.3 Å². The third-order valence-electron chi connectivity index (χ3n) is 4.27. The number of para-hydroxylation sites is 1. The summed E-state index contributed by atoms with van der Waals surface area (Å²) in [6.45, 7) is -0.227. The van der Waals surface area contributed by atoms with E-state index in [-0.39, 0.29) is 17.6 Å². The van der Waals surface area contributed by atoms with Gasteiger partial charge in [-0.05, 0) is 36.7 Å². The van der Waals surface area contributed by atoms with Gasteiger partial charge in [0.15, 0.2) is 11.7 Å². The number of halogens is 1. The van der Waals surface area contributed by atoms with Crippen LogP contribution in [0, 0.1) is 5.92 Å². The fraction of sp³-hybridized carbons (Fsp3) is 0.500. The van der Waals surface area contributed by atoms with Crippen molar-refractivity contribution in [3.8, 4) is 5.75 Å². The Kier molecular flexibility index (Phi) is 8.64. The van der Waals surface area contributed by atoms with Crippen molar-refractivity contribution in [2.24, 2.45) is 5.92 Å². The number of benzene rings is 1. The van der Waals surface area contributed by atoms with Crippen LogP contribution in [0.3, 0.4) is 0 Å². The first kappa shape index (κ1) is 20.5. The number of thiocarbonyl (C=S) groups is 1. The molecule has 3 N–H and O–H groups in total. The van der Waals surface area contributed by atoms with E-state index in [0.717, 1.165) is 6.42 Å². The predicted octanol–water partition coefficient (Wildman–Crippen LogP) is 3.10. The van der Waals surface area contributed by atoms with Crippen molar-refractivity contribution in [3.05, 3.63) is 29.3 Å². The van der Waals surface area contributed by atoms with E-state index in [1.807, 2.05) is 0 Å². The molecule has 0 bridgehead atoms. The number of hydrogen-bond acceptors (Lipinski definition) is 4. The summed E-state index contributed by atoms with van der Waals surface area (Å²) in [5, 5.41) is 3.05. The largest absolute Gasteiger partial charge is 0.482 e. The average molecular weight is 398 g/mol. The van der Waals surface area contributed by atoms with Crippen molar-refractivity contribution in [2.75, 3.05) is 6.61 Å². The molecular formula is C18H24ClN3O3S. The lowest BCUT2D eigenvalue weighted by atomic mass is 9.86. The van der Waals surface area contributed by atoms with Crippen LogP contribution in [-0.4, -0.2) is 23.5 Å². The zero-order valence-corrected chi connectivity index (χ0v) is 16.1. The number of carbonyl (C=O) groups is 2. The predicted molar refractivity (Wildman–Crippen MR) is 105 cm³/mol. The summed E-state index contributed by atoms with van der Waals surface area (Å²) in [6, 6.07) is 6.87.